The van der Waals surface area contributed by atoms with E-state index in [1.807, 2.05) is 0 Å². The molecule has 12 heavy (non-hydrogen) atoms. The molecule has 0 unspecified atom stereocenters. The lowest BCUT2D eigenvalue weighted by atomic mass is 10.1. The van der Waals surface area contributed by atoms with Crippen molar-refractivity contribution in [2.24, 2.45) is 0 Å². The molecule has 0 rings (SSSR count). The van der Waals surface area contributed by atoms with E-state index in [9.17, 15) is 9.59 Å². The van der Waals surface area contributed by atoms with E-state index in [-0.39, 0.29) is 5.78 Å². The van der Waals surface area contributed by atoms with E-state index in [4.69, 9.17) is 5.11 Å². The molecule has 0 fully saturated rings. The topological polar surface area (TPSA) is 75.6 Å². The summed E-state index contributed by atoms with van der Waals surface area (Å²) in [5.74, 6) is -0.310. The standard InChI is InChI=1S/C7H13NO4/c1-4(9)6(5(2)10)8-7(11)12-3/h4,6,9H,1-3H3,(H,8,11)/t4-,6+/m1/s1. The summed E-state index contributed by atoms with van der Waals surface area (Å²) in [7, 11) is 1.19. The second kappa shape index (κ2) is 4.71. The summed E-state index contributed by atoms with van der Waals surface area (Å²) >= 11 is 0. The molecular formula is C7H13NO4. The van der Waals surface area contributed by atoms with Gasteiger partial charge in [0.2, 0.25) is 0 Å². The average molecular weight is 175 g/mol. The minimum absolute atomic E-state index is 0.310. The lowest BCUT2D eigenvalue weighted by molar-refractivity contribution is -0.121. The number of aliphatic hydroxyl groups is 1. The second-order valence-corrected chi connectivity index (χ2v) is 2.46. The predicted octanol–water partition coefficient (Wildman–Crippen LogP) is -0.319. The Morgan fingerprint density at radius 1 is 1.50 bits per heavy atom. The number of Topliss-reactive ketones (excluding diaryl/α,β-unsaturated/α-hetero) is 1. The minimum Gasteiger partial charge on any atom is -0.453 e. The molecule has 0 bridgehead atoms. The van der Waals surface area contributed by atoms with E-state index >= 15 is 0 Å². The normalized spacial score (nSPS) is 14.7. The zero-order valence-corrected chi connectivity index (χ0v) is 7.33. The van der Waals surface area contributed by atoms with Gasteiger partial charge in [-0.05, 0) is 13.8 Å². The Bertz CT molecular complexity index is 178. The first kappa shape index (κ1) is 10.9. The molecule has 5 heteroatoms. The van der Waals surface area contributed by atoms with Crippen molar-refractivity contribution in [1.82, 2.24) is 5.32 Å². The van der Waals surface area contributed by atoms with Gasteiger partial charge in [-0.1, -0.05) is 0 Å². The first-order valence-electron chi connectivity index (χ1n) is 3.52. The number of hydrogen-bond donors (Lipinski definition) is 2. The molecule has 0 aliphatic rings. The number of ether oxygens (including phenoxy) is 1. The molecule has 0 aliphatic heterocycles. The summed E-state index contributed by atoms with van der Waals surface area (Å²) < 4.78 is 4.27. The highest BCUT2D eigenvalue weighted by atomic mass is 16.5. The van der Waals surface area contributed by atoms with E-state index in [0.29, 0.717) is 0 Å². The van der Waals surface area contributed by atoms with Gasteiger partial charge in [0.15, 0.2) is 5.78 Å². The third kappa shape index (κ3) is 3.34. The van der Waals surface area contributed by atoms with Crippen molar-refractivity contribution in [1.29, 1.82) is 0 Å². The smallest absolute Gasteiger partial charge is 0.407 e. The van der Waals surface area contributed by atoms with Gasteiger partial charge in [-0.15, -0.1) is 0 Å². The summed E-state index contributed by atoms with van der Waals surface area (Å²) in [6.07, 6.45) is -1.64. The molecule has 5 nitrogen and oxygen atoms in total. The third-order valence-corrected chi connectivity index (χ3v) is 1.38. The number of ketones is 1. The number of carbonyl (C=O) groups is 2. The number of hydrogen-bond acceptors (Lipinski definition) is 4. The first-order chi connectivity index (χ1) is 5.49. The Morgan fingerprint density at radius 2 is 2.00 bits per heavy atom. The molecule has 0 aliphatic carbocycles. The van der Waals surface area contributed by atoms with Crippen molar-refractivity contribution in [2.45, 2.75) is 26.0 Å². The highest BCUT2D eigenvalue weighted by Gasteiger charge is 2.21. The van der Waals surface area contributed by atoms with Crippen LogP contribution in [0.25, 0.3) is 0 Å². The van der Waals surface area contributed by atoms with Gasteiger partial charge in [-0.25, -0.2) is 4.79 Å². The highest BCUT2D eigenvalue weighted by Crippen LogP contribution is 1.94. The number of alkyl carbamates (subject to hydrolysis) is 1. The minimum atomic E-state index is -0.915. The Labute approximate surface area is 70.7 Å². The van der Waals surface area contributed by atoms with Gasteiger partial charge < -0.3 is 15.2 Å². The van der Waals surface area contributed by atoms with E-state index in [1.54, 1.807) is 0 Å². The Morgan fingerprint density at radius 3 is 2.25 bits per heavy atom. The van der Waals surface area contributed by atoms with Crippen LogP contribution in [-0.4, -0.2) is 36.2 Å². The SMILES string of the molecule is COC(=O)N[C@H](C(C)=O)[C@@H](C)O. The molecule has 2 N–H and O–H groups in total. The summed E-state index contributed by atoms with van der Waals surface area (Å²) in [6.45, 7) is 2.70. The van der Waals surface area contributed by atoms with Gasteiger partial charge in [0.1, 0.15) is 6.04 Å². The predicted molar refractivity (Wildman–Crippen MR) is 41.7 cm³/mol. The molecule has 70 valence electrons. The molecule has 1 amide bonds. The number of rotatable bonds is 3. The van der Waals surface area contributed by atoms with Crippen molar-refractivity contribution in [3.63, 3.8) is 0 Å². The molecule has 0 aromatic carbocycles. The van der Waals surface area contributed by atoms with Crippen LogP contribution in [0.2, 0.25) is 0 Å². The van der Waals surface area contributed by atoms with Crippen LogP contribution in [0.3, 0.4) is 0 Å². The summed E-state index contributed by atoms with van der Waals surface area (Å²) in [5.41, 5.74) is 0. The van der Waals surface area contributed by atoms with Gasteiger partial charge in [0.05, 0.1) is 13.2 Å². The molecular weight excluding hydrogens is 162 g/mol. The quantitative estimate of drug-likeness (QED) is 0.616. The monoisotopic (exact) mass is 175 g/mol. The van der Waals surface area contributed by atoms with E-state index in [1.165, 1.54) is 21.0 Å². The zero-order chi connectivity index (χ0) is 9.72. The Balaban J connectivity index is 4.14. The van der Waals surface area contributed by atoms with Crippen LogP contribution in [0.15, 0.2) is 0 Å². The third-order valence-electron chi connectivity index (χ3n) is 1.38. The van der Waals surface area contributed by atoms with Gasteiger partial charge in [-0.2, -0.15) is 0 Å². The lowest BCUT2D eigenvalue weighted by Crippen LogP contribution is -2.46. The molecule has 0 aromatic rings. The van der Waals surface area contributed by atoms with Gasteiger partial charge in [0.25, 0.3) is 0 Å². The maximum Gasteiger partial charge on any atom is 0.407 e. The van der Waals surface area contributed by atoms with E-state index < -0.39 is 18.2 Å². The Kier molecular flexibility index (Phi) is 4.28. The van der Waals surface area contributed by atoms with Crippen molar-refractivity contribution >= 4 is 11.9 Å². The van der Waals surface area contributed by atoms with Crippen LogP contribution in [0.4, 0.5) is 4.79 Å². The molecule has 0 spiro atoms. The van der Waals surface area contributed by atoms with Crippen molar-refractivity contribution in [3.05, 3.63) is 0 Å². The fraction of sp³-hybridized carbons (Fsp3) is 0.714. The second-order valence-electron chi connectivity index (χ2n) is 2.46. The summed E-state index contributed by atoms with van der Waals surface area (Å²) in [4.78, 5) is 21.4. The molecule has 2 atom stereocenters. The lowest BCUT2D eigenvalue weighted by Gasteiger charge is -2.17. The molecule has 0 heterocycles. The largest absolute Gasteiger partial charge is 0.453 e. The summed E-state index contributed by atoms with van der Waals surface area (Å²) in [5, 5.41) is 11.2. The maximum atomic E-state index is 10.8. The van der Waals surface area contributed by atoms with Gasteiger partial charge in [0, 0.05) is 0 Å². The number of nitrogens with one attached hydrogen (secondary N) is 1. The first-order valence-corrected chi connectivity index (χ1v) is 3.52. The van der Waals surface area contributed by atoms with Crippen LogP contribution in [0, 0.1) is 0 Å². The molecule has 0 saturated carbocycles. The number of aliphatic hydroxyl groups excluding tert-OH is 1. The maximum absolute atomic E-state index is 10.8. The van der Waals surface area contributed by atoms with Crippen molar-refractivity contribution in [3.8, 4) is 0 Å². The van der Waals surface area contributed by atoms with Crippen LogP contribution in [-0.2, 0) is 9.53 Å². The number of carbonyl (C=O) groups excluding carboxylic acids is 2. The number of methoxy groups -OCH3 is 1. The van der Waals surface area contributed by atoms with E-state index in [0.717, 1.165) is 0 Å². The average Bonchev–Trinajstić information content (AvgIpc) is 1.98. The van der Waals surface area contributed by atoms with Crippen molar-refractivity contribution in [2.75, 3.05) is 7.11 Å². The zero-order valence-electron chi connectivity index (χ0n) is 7.33. The fourth-order valence-corrected chi connectivity index (χ4v) is 0.748. The molecule has 0 aromatic heterocycles. The Hall–Kier alpha value is -1.10. The van der Waals surface area contributed by atoms with Crippen LogP contribution >= 0.6 is 0 Å². The van der Waals surface area contributed by atoms with Crippen molar-refractivity contribution < 1.29 is 19.4 Å². The van der Waals surface area contributed by atoms with Crippen LogP contribution in [0.5, 0.6) is 0 Å². The van der Waals surface area contributed by atoms with Crippen LogP contribution < -0.4 is 5.32 Å². The molecule has 0 saturated heterocycles. The van der Waals surface area contributed by atoms with Gasteiger partial charge in [-0.3, -0.25) is 4.79 Å². The summed E-state index contributed by atoms with van der Waals surface area (Å²) in [6, 6.07) is -0.891. The molecule has 0 radical (unpaired) electrons. The fourth-order valence-electron chi connectivity index (χ4n) is 0.748. The number of amides is 1. The van der Waals surface area contributed by atoms with E-state index in [2.05, 4.69) is 10.1 Å². The highest BCUT2D eigenvalue weighted by molar-refractivity contribution is 5.85. The van der Waals surface area contributed by atoms with Crippen LogP contribution in [0.1, 0.15) is 13.8 Å². The van der Waals surface area contributed by atoms with Gasteiger partial charge >= 0.3 is 6.09 Å².